The molecule has 0 aromatic heterocycles. The zero-order valence-electron chi connectivity index (χ0n) is 11.4. The summed E-state index contributed by atoms with van der Waals surface area (Å²) in [5, 5.41) is 10.3. The smallest absolute Gasteiger partial charge is 0.0574 e. The highest BCUT2D eigenvalue weighted by Gasteiger charge is 2.26. The van der Waals surface area contributed by atoms with E-state index in [-0.39, 0.29) is 6.10 Å². The first-order valence-electron chi connectivity index (χ1n) is 6.92. The highest BCUT2D eigenvalue weighted by molar-refractivity contribution is 5.07. The van der Waals surface area contributed by atoms with Gasteiger partial charge in [0.2, 0.25) is 0 Å². The lowest BCUT2D eigenvalue weighted by Gasteiger charge is -2.31. The van der Waals surface area contributed by atoms with Crippen LogP contribution in [0.15, 0.2) is 11.6 Å². The summed E-state index contributed by atoms with van der Waals surface area (Å²) in [5.74, 6) is 1.85. The predicted octanol–water partition coefficient (Wildman–Crippen LogP) is 4.17. The number of aliphatic hydroxyl groups is 1. The lowest BCUT2D eigenvalue weighted by molar-refractivity contribution is 0.0677. The van der Waals surface area contributed by atoms with Gasteiger partial charge in [0, 0.05) is 0 Å². The number of hydrogen-bond donors (Lipinski definition) is 1. The van der Waals surface area contributed by atoms with E-state index in [4.69, 9.17) is 0 Å². The molecule has 0 amide bonds. The van der Waals surface area contributed by atoms with Gasteiger partial charge in [-0.05, 0) is 43.9 Å². The fourth-order valence-electron chi connectivity index (χ4n) is 3.05. The zero-order chi connectivity index (χ0) is 12.1. The summed E-state index contributed by atoms with van der Waals surface area (Å²) in [6, 6.07) is 0. The van der Waals surface area contributed by atoms with E-state index in [1.54, 1.807) is 0 Å². The minimum Gasteiger partial charge on any atom is -0.393 e. The van der Waals surface area contributed by atoms with Gasteiger partial charge in [-0.1, -0.05) is 45.3 Å². The highest BCUT2D eigenvalue weighted by atomic mass is 16.3. The monoisotopic (exact) mass is 224 g/mol. The van der Waals surface area contributed by atoms with Crippen LogP contribution in [0.25, 0.3) is 0 Å². The molecule has 0 spiro atoms. The molecule has 0 heterocycles. The van der Waals surface area contributed by atoms with Crippen LogP contribution in [0.4, 0.5) is 0 Å². The SMILES string of the molecule is CCC(CC)CC(O)C1CC(C)=CC(C)C1. The molecule has 0 aliphatic heterocycles. The summed E-state index contributed by atoms with van der Waals surface area (Å²) in [6.07, 6.45) is 7.94. The van der Waals surface area contributed by atoms with E-state index in [1.807, 2.05) is 0 Å². The molecule has 0 aromatic rings. The minimum atomic E-state index is -0.0870. The molecule has 1 heteroatoms. The molecule has 16 heavy (non-hydrogen) atoms. The Labute approximate surface area is 101 Å². The summed E-state index contributed by atoms with van der Waals surface area (Å²) < 4.78 is 0. The van der Waals surface area contributed by atoms with Gasteiger partial charge in [-0.15, -0.1) is 0 Å². The van der Waals surface area contributed by atoms with Crippen molar-refractivity contribution in [3.63, 3.8) is 0 Å². The van der Waals surface area contributed by atoms with Gasteiger partial charge in [-0.25, -0.2) is 0 Å². The number of aliphatic hydroxyl groups excluding tert-OH is 1. The Morgan fingerprint density at radius 2 is 2.00 bits per heavy atom. The third-order valence-electron chi connectivity index (χ3n) is 4.10. The largest absolute Gasteiger partial charge is 0.393 e. The molecule has 0 saturated carbocycles. The van der Waals surface area contributed by atoms with Gasteiger partial charge in [0.1, 0.15) is 0 Å². The average Bonchev–Trinajstić information content (AvgIpc) is 2.24. The van der Waals surface area contributed by atoms with Gasteiger partial charge in [0.15, 0.2) is 0 Å². The Balaban J connectivity index is 2.48. The average molecular weight is 224 g/mol. The quantitative estimate of drug-likeness (QED) is 0.695. The highest BCUT2D eigenvalue weighted by Crippen LogP contribution is 2.32. The fraction of sp³-hybridized carbons (Fsp3) is 0.867. The second-order valence-corrected chi connectivity index (χ2v) is 5.68. The molecule has 3 atom stereocenters. The van der Waals surface area contributed by atoms with Crippen LogP contribution in [0.3, 0.4) is 0 Å². The van der Waals surface area contributed by atoms with E-state index in [9.17, 15) is 5.11 Å². The molecule has 3 unspecified atom stereocenters. The molecule has 1 aliphatic rings. The van der Waals surface area contributed by atoms with Crippen molar-refractivity contribution in [2.24, 2.45) is 17.8 Å². The van der Waals surface area contributed by atoms with Crippen LogP contribution < -0.4 is 0 Å². The standard InChI is InChI=1S/C15H28O/c1-5-13(6-2)10-15(16)14-8-11(3)7-12(4)9-14/h7,11,13-16H,5-6,8-10H2,1-4H3. The van der Waals surface area contributed by atoms with Crippen LogP contribution in [0.5, 0.6) is 0 Å². The van der Waals surface area contributed by atoms with E-state index in [0.29, 0.717) is 17.8 Å². The second kappa shape index (κ2) is 6.44. The van der Waals surface area contributed by atoms with Crippen LogP contribution >= 0.6 is 0 Å². The predicted molar refractivity (Wildman–Crippen MR) is 70.3 cm³/mol. The lowest BCUT2D eigenvalue weighted by atomic mass is 9.78. The first kappa shape index (κ1) is 13.8. The van der Waals surface area contributed by atoms with Crippen molar-refractivity contribution < 1.29 is 5.11 Å². The van der Waals surface area contributed by atoms with Gasteiger partial charge in [0.05, 0.1) is 6.10 Å². The Morgan fingerprint density at radius 1 is 1.38 bits per heavy atom. The van der Waals surface area contributed by atoms with E-state index in [1.165, 1.54) is 24.8 Å². The Hall–Kier alpha value is -0.300. The summed E-state index contributed by atoms with van der Waals surface area (Å²) in [5.41, 5.74) is 1.47. The molecule has 1 nitrogen and oxygen atoms in total. The first-order chi connectivity index (χ1) is 7.56. The second-order valence-electron chi connectivity index (χ2n) is 5.68. The molecule has 1 aliphatic carbocycles. The Morgan fingerprint density at radius 3 is 2.50 bits per heavy atom. The topological polar surface area (TPSA) is 20.2 Å². The molecule has 0 aromatic carbocycles. The molecule has 0 fully saturated rings. The Kier molecular flexibility index (Phi) is 5.54. The maximum atomic E-state index is 10.3. The van der Waals surface area contributed by atoms with Crippen molar-refractivity contribution in [1.29, 1.82) is 0 Å². The first-order valence-corrected chi connectivity index (χ1v) is 6.92. The molecule has 0 bridgehead atoms. The van der Waals surface area contributed by atoms with Crippen molar-refractivity contribution in [3.8, 4) is 0 Å². The van der Waals surface area contributed by atoms with Crippen molar-refractivity contribution in [3.05, 3.63) is 11.6 Å². The van der Waals surface area contributed by atoms with Crippen LogP contribution in [0.1, 0.15) is 59.8 Å². The number of allylic oxidation sites excluding steroid dienone is 2. The van der Waals surface area contributed by atoms with Gasteiger partial charge in [-0.2, -0.15) is 0 Å². The maximum absolute atomic E-state index is 10.3. The molecule has 0 saturated heterocycles. The molecule has 94 valence electrons. The van der Waals surface area contributed by atoms with Crippen LogP contribution in [0.2, 0.25) is 0 Å². The molecule has 1 rings (SSSR count). The van der Waals surface area contributed by atoms with E-state index in [0.717, 1.165) is 12.8 Å². The number of rotatable bonds is 5. The van der Waals surface area contributed by atoms with E-state index >= 15 is 0 Å². The molecular weight excluding hydrogens is 196 g/mol. The third kappa shape index (κ3) is 3.93. The Bertz CT molecular complexity index is 228. The van der Waals surface area contributed by atoms with Crippen LogP contribution in [0, 0.1) is 17.8 Å². The van der Waals surface area contributed by atoms with Crippen molar-refractivity contribution >= 4 is 0 Å². The fourth-order valence-corrected chi connectivity index (χ4v) is 3.05. The van der Waals surface area contributed by atoms with Crippen molar-refractivity contribution in [2.75, 3.05) is 0 Å². The zero-order valence-corrected chi connectivity index (χ0v) is 11.4. The van der Waals surface area contributed by atoms with Gasteiger partial charge < -0.3 is 5.11 Å². The number of hydrogen-bond acceptors (Lipinski definition) is 1. The molecule has 1 N–H and O–H groups in total. The van der Waals surface area contributed by atoms with Crippen LogP contribution in [-0.4, -0.2) is 11.2 Å². The van der Waals surface area contributed by atoms with Crippen molar-refractivity contribution in [2.45, 2.75) is 65.9 Å². The third-order valence-corrected chi connectivity index (χ3v) is 4.10. The van der Waals surface area contributed by atoms with E-state index < -0.39 is 0 Å². The summed E-state index contributed by atoms with van der Waals surface area (Å²) >= 11 is 0. The normalized spacial score (nSPS) is 28.0. The lowest BCUT2D eigenvalue weighted by Crippen LogP contribution is -2.27. The van der Waals surface area contributed by atoms with Gasteiger partial charge in [0.25, 0.3) is 0 Å². The minimum absolute atomic E-state index is 0.0870. The van der Waals surface area contributed by atoms with Crippen LogP contribution in [-0.2, 0) is 0 Å². The summed E-state index contributed by atoms with van der Waals surface area (Å²) in [4.78, 5) is 0. The molecule has 0 radical (unpaired) electrons. The van der Waals surface area contributed by atoms with Gasteiger partial charge >= 0.3 is 0 Å². The molecular formula is C15H28O. The maximum Gasteiger partial charge on any atom is 0.0574 e. The van der Waals surface area contributed by atoms with E-state index in [2.05, 4.69) is 33.8 Å². The summed E-state index contributed by atoms with van der Waals surface area (Å²) in [7, 11) is 0. The summed E-state index contributed by atoms with van der Waals surface area (Å²) in [6.45, 7) is 8.93. The van der Waals surface area contributed by atoms with Gasteiger partial charge in [-0.3, -0.25) is 0 Å². The van der Waals surface area contributed by atoms with Crippen molar-refractivity contribution in [1.82, 2.24) is 0 Å².